The van der Waals surface area contributed by atoms with Crippen LogP contribution in [0.5, 0.6) is 0 Å². The number of rotatable bonds is 3. The zero-order chi connectivity index (χ0) is 12.8. The van der Waals surface area contributed by atoms with Crippen molar-refractivity contribution >= 4 is 16.8 Å². The molecule has 1 aliphatic heterocycles. The molecule has 5 heteroatoms. The number of nitrogens with zero attached hydrogens (tertiary/aromatic N) is 2. The van der Waals surface area contributed by atoms with Crippen molar-refractivity contribution in [2.75, 3.05) is 0 Å². The molecular weight excluding hydrogens is 248 g/mol. The van der Waals surface area contributed by atoms with Gasteiger partial charge in [-0.2, -0.15) is 0 Å². The smallest absolute Gasteiger partial charge is 0.138 e. The maximum atomic E-state index is 5.37. The van der Waals surface area contributed by atoms with Crippen LogP contribution < -0.4 is 0 Å². The molecule has 0 N–H and O–H groups in total. The molecule has 18 heavy (non-hydrogen) atoms. The SMILES string of the molecule is Cc1onc(C2CC2)c1CSC1=NOC(C)(C)C1. The van der Waals surface area contributed by atoms with Gasteiger partial charge in [-0.1, -0.05) is 10.3 Å². The maximum Gasteiger partial charge on any atom is 0.138 e. The summed E-state index contributed by atoms with van der Waals surface area (Å²) in [6, 6.07) is 0. The van der Waals surface area contributed by atoms with Gasteiger partial charge in [-0.25, -0.2) is 0 Å². The molecule has 1 aromatic rings. The van der Waals surface area contributed by atoms with E-state index >= 15 is 0 Å². The lowest BCUT2D eigenvalue weighted by Gasteiger charge is -2.13. The number of aryl methyl sites for hydroxylation is 1. The lowest BCUT2D eigenvalue weighted by Crippen LogP contribution is -2.18. The Kier molecular flexibility index (Phi) is 2.88. The summed E-state index contributed by atoms with van der Waals surface area (Å²) >= 11 is 1.74. The summed E-state index contributed by atoms with van der Waals surface area (Å²) in [5.74, 6) is 2.47. The standard InChI is InChI=1S/C13H18N2O2S/c1-8-10(12(15-16-8)9-4-5-9)7-18-11-6-13(2,3)17-14-11/h9H,4-7H2,1-3H3. The van der Waals surface area contributed by atoms with Crippen molar-refractivity contribution in [2.24, 2.45) is 5.16 Å². The van der Waals surface area contributed by atoms with Gasteiger partial charge in [-0.15, -0.1) is 11.8 Å². The van der Waals surface area contributed by atoms with E-state index in [2.05, 4.69) is 24.2 Å². The Bertz CT molecular complexity index is 489. The van der Waals surface area contributed by atoms with E-state index < -0.39 is 0 Å². The fraction of sp³-hybridized carbons (Fsp3) is 0.692. The Balaban J connectivity index is 1.65. The van der Waals surface area contributed by atoms with Crippen molar-refractivity contribution in [1.82, 2.24) is 5.16 Å². The van der Waals surface area contributed by atoms with Crippen LogP contribution in [0.4, 0.5) is 0 Å². The van der Waals surface area contributed by atoms with Crippen LogP contribution in [0.25, 0.3) is 0 Å². The average Bonchev–Trinajstić information content (AvgIpc) is 3.00. The van der Waals surface area contributed by atoms with Gasteiger partial charge in [-0.3, -0.25) is 0 Å². The largest absolute Gasteiger partial charge is 0.389 e. The predicted molar refractivity (Wildman–Crippen MR) is 71.7 cm³/mol. The van der Waals surface area contributed by atoms with Crippen molar-refractivity contribution in [2.45, 2.75) is 57.3 Å². The van der Waals surface area contributed by atoms with Gasteiger partial charge >= 0.3 is 0 Å². The zero-order valence-electron chi connectivity index (χ0n) is 11.0. The Morgan fingerprint density at radius 3 is 2.78 bits per heavy atom. The Morgan fingerprint density at radius 1 is 1.39 bits per heavy atom. The second kappa shape index (κ2) is 4.30. The zero-order valence-corrected chi connectivity index (χ0v) is 11.8. The first kappa shape index (κ1) is 12.1. The van der Waals surface area contributed by atoms with Crippen LogP contribution in [0.2, 0.25) is 0 Å². The van der Waals surface area contributed by atoms with E-state index in [1.165, 1.54) is 24.1 Å². The van der Waals surface area contributed by atoms with E-state index in [9.17, 15) is 0 Å². The molecule has 98 valence electrons. The number of aromatic nitrogens is 1. The highest BCUT2D eigenvalue weighted by molar-refractivity contribution is 8.13. The lowest BCUT2D eigenvalue weighted by atomic mass is 10.1. The molecule has 0 aromatic carbocycles. The van der Waals surface area contributed by atoms with Crippen molar-refractivity contribution in [1.29, 1.82) is 0 Å². The highest BCUT2D eigenvalue weighted by atomic mass is 32.2. The Labute approximate surface area is 111 Å². The fourth-order valence-corrected chi connectivity index (χ4v) is 3.30. The van der Waals surface area contributed by atoms with Gasteiger partial charge in [0.25, 0.3) is 0 Å². The summed E-state index contributed by atoms with van der Waals surface area (Å²) < 4.78 is 5.32. The van der Waals surface area contributed by atoms with Gasteiger partial charge in [0.1, 0.15) is 16.4 Å². The first-order valence-corrected chi connectivity index (χ1v) is 7.36. The summed E-state index contributed by atoms with van der Waals surface area (Å²) in [5, 5.41) is 9.40. The average molecular weight is 266 g/mol. The molecule has 0 spiro atoms. The van der Waals surface area contributed by atoms with Crippen LogP contribution in [0.15, 0.2) is 9.68 Å². The number of thioether (sulfide) groups is 1. The highest BCUT2D eigenvalue weighted by Crippen LogP contribution is 2.42. The third kappa shape index (κ3) is 2.41. The lowest BCUT2D eigenvalue weighted by molar-refractivity contribution is 0.0123. The fourth-order valence-electron chi connectivity index (χ4n) is 2.10. The Hall–Kier alpha value is -0.970. The first-order valence-electron chi connectivity index (χ1n) is 6.38. The van der Waals surface area contributed by atoms with Crippen molar-refractivity contribution in [3.63, 3.8) is 0 Å². The quantitative estimate of drug-likeness (QED) is 0.838. The third-order valence-electron chi connectivity index (χ3n) is 3.33. The van der Waals surface area contributed by atoms with Gasteiger partial charge < -0.3 is 9.36 Å². The molecule has 1 saturated carbocycles. The van der Waals surface area contributed by atoms with Gasteiger partial charge in [0.15, 0.2) is 0 Å². The van der Waals surface area contributed by atoms with E-state index in [1.807, 2.05) is 6.92 Å². The van der Waals surface area contributed by atoms with Gasteiger partial charge in [0.05, 0.1) is 5.69 Å². The second-order valence-corrected chi connectivity index (χ2v) is 6.73. The van der Waals surface area contributed by atoms with E-state index in [-0.39, 0.29) is 5.60 Å². The van der Waals surface area contributed by atoms with Crippen LogP contribution in [0.1, 0.15) is 56.0 Å². The Morgan fingerprint density at radius 2 is 2.17 bits per heavy atom. The molecule has 2 heterocycles. The van der Waals surface area contributed by atoms with Crippen LogP contribution in [0.3, 0.4) is 0 Å². The number of hydrogen-bond acceptors (Lipinski definition) is 5. The predicted octanol–water partition coefficient (Wildman–Crippen LogP) is 3.61. The summed E-state index contributed by atoms with van der Waals surface area (Å²) in [4.78, 5) is 5.37. The molecule has 0 saturated heterocycles. The van der Waals surface area contributed by atoms with Crippen molar-refractivity contribution in [3.8, 4) is 0 Å². The number of hydrogen-bond donors (Lipinski definition) is 0. The van der Waals surface area contributed by atoms with Gasteiger partial charge in [0.2, 0.25) is 0 Å². The van der Waals surface area contributed by atoms with Crippen molar-refractivity contribution < 1.29 is 9.36 Å². The molecule has 0 amide bonds. The topological polar surface area (TPSA) is 47.6 Å². The molecule has 0 atom stereocenters. The molecule has 1 aliphatic carbocycles. The normalized spacial score (nSPS) is 21.8. The molecule has 1 fully saturated rings. The molecule has 2 aliphatic rings. The monoisotopic (exact) mass is 266 g/mol. The maximum absolute atomic E-state index is 5.37. The minimum absolute atomic E-state index is 0.147. The summed E-state index contributed by atoms with van der Waals surface area (Å²) in [5.41, 5.74) is 2.28. The molecule has 1 aromatic heterocycles. The second-order valence-electron chi connectivity index (χ2n) is 5.68. The van der Waals surface area contributed by atoms with Gasteiger partial charge in [0, 0.05) is 23.7 Å². The van der Waals surface area contributed by atoms with Crippen LogP contribution in [-0.2, 0) is 10.6 Å². The summed E-state index contributed by atoms with van der Waals surface area (Å²) in [6.07, 6.45) is 3.39. The first-order chi connectivity index (χ1) is 8.55. The third-order valence-corrected chi connectivity index (χ3v) is 4.32. The molecule has 0 bridgehead atoms. The number of oxime groups is 1. The summed E-state index contributed by atoms with van der Waals surface area (Å²) in [6.45, 7) is 6.11. The van der Waals surface area contributed by atoms with E-state index in [4.69, 9.17) is 9.36 Å². The molecular formula is C13H18N2O2S. The molecule has 3 rings (SSSR count). The van der Waals surface area contributed by atoms with E-state index in [1.54, 1.807) is 11.8 Å². The van der Waals surface area contributed by atoms with Crippen molar-refractivity contribution in [3.05, 3.63) is 17.0 Å². The summed E-state index contributed by atoms with van der Waals surface area (Å²) in [7, 11) is 0. The van der Waals surface area contributed by atoms with E-state index in [0.717, 1.165) is 23.0 Å². The van der Waals surface area contributed by atoms with Crippen LogP contribution >= 0.6 is 11.8 Å². The molecule has 4 nitrogen and oxygen atoms in total. The molecule has 0 radical (unpaired) electrons. The van der Waals surface area contributed by atoms with Gasteiger partial charge in [-0.05, 0) is 33.6 Å². The van der Waals surface area contributed by atoms with Crippen LogP contribution in [0, 0.1) is 6.92 Å². The van der Waals surface area contributed by atoms with Crippen LogP contribution in [-0.4, -0.2) is 15.8 Å². The minimum Gasteiger partial charge on any atom is -0.389 e. The minimum atomic E-state index is -0.147. The molecule has 0 unspecified atom stereocenters. The van der Waals surface area contributed by atoms with E-state index in [0.29, 0.717) is 5.92 Å². The highest BCUT2D eigenvalue weighted by Gasteiger charge is 2.32.